The van der Waals surface area contributed by atoms with Gasteiger partial charge in [-0.05, 0) is 59.4 Å². The van der Waals surface area contributed by atoms with Crippen molar-refractivity contribution in [1.29, 1.82) is 0 Å². The molecule has 0 radical (unpaired) electrons. The van der Waals surface area contributed by atoms with Crippen LogP contribution in [-0.2, 0) is 6.42 Å². The second-order valence-corrected chi connectivity index (χ2v) is 5.27. The van der Waals surface area contributed by atoms with Crippen molar-refractivity contribution in [2.45, 2.75) is 20.3 Å². The largest absolute Gasteiger partial charge is 0.319 e. The van der Waals surface area contributed by atoms with Crippen LogP contribution >= 0.6 is 15.9 Å². The topological polar surface area (TPSA) is 12.0 Å². The Kier molecular flexibility index (Phi) is 5.42. The lowest BCUT2D eigenvalue weighted by Crippen LogP contribution is -2.25. The molecule has 0 aliphatic carbocycles. The van der Waals surface area contributed by atoms with E-state index in [2.05, 4.69) is 35.1 Å². The summed E-state index contributed by atoms with van der Waals surface area (Å²) in [5.74, 6) is 0.940. The summed E-state index contributed by atoms with van der Waals surface area (Å²) in [6.07, 6.45) is 0.900. The Morgan fingerprint density at radius 2 is 2.06 bits per heavy atom. The number of rotatable bonds is 5. The SMILES string of the molecule is CNCC(Cc1cccc(F)c1Br)C(C)C. The maximum absolute atomic E-state index is 13.4. The Morgan fingerprint density at radius 1 is 1.38 bits per heavy atom. The molecule has 0 saturated heterocycles. The van der Waals surface area contributed by atoms with E-state index in [1.165, 1.54) is 6.07 Å². The highest BCUT2D eigenvalue weighted by molar-refractivity contribution is 9.10. The van der Waals surface area contributed by atoms with E-state index in [0.717, 1.165) is 18.5 Å². The van der Waals surface area contributed by atoms with Gasteiger partial charge < -0.3 is 5.32 Å². The minimum Gasteiger partial charge on any atom is -0.319 e. The van der Waals surface area contributed by atoms with E-state index in [0.29, 0.717) is 16.3 Å². The molecule has 0 bridgehead atoms. The van der Waals surface area contributed by atoms with Gasteiger partial charge in [-0.15, -0.1) is 0 Å². The molecule has 0 heterocycles. The van der Waals surface area contributed by atoms with E-state index < -0.39 is 0 Å². The summed E-state index contributed by atoms with van der Waals surface area (Å²) in [7, 11) is 1.95. The molecule has 90 valence electrons. The fourth-order valence-corrected chi connectivity index (χ4v) is 2.22. The van der Waals surface area contributed by atoms with Crippen LogP contribution in [0.2, 0.25) is 0 Å². The van der Waals surface area contributed by atoms with E-state index in [1.807, 2.05) is 13.1 Å². The van der Waals surface area contributed by atoms with E-state index >= 15 is 0 Å². The smallest absolute Gasteiger partial charge is 0.137 e. The van der Waals surface area contributed by atoms with Crippen molar-refractivity contribution < 1.29 is 4.39 Å². The highest BCUT2D eigenvalue weighted by atomic mass is 79.9. The summed E-state index contributed by atoms with van der Waals surface area (Å²) in [4.78, 5) is 0. The number of hydrogen-bond donors (Lipinski definition) is 1. The monoisotopic (exact) mass is 287 g/mol. The second-order valence-electron chi connectivity index (χ2n) is 4.48. The average Bonchev–Trinajstić information content (AvgIpc) is 2.23. The average molecular weight is 288 g/mol. The third-order valence-corrected chi connectivity index (χ3v) is 3.81. The van der Waals surface area contributed by atoms with Gasteiger partial charge in [-0.2, -0.15) is 0 Å². The first-order valence-corrected chi connectivity index (χ1v) is 6.43. The Balaban J connectivity index is 2.81. The van der Waals surface area contributed by atoms with E-state index in [1.54, 1.807) is 6.07 Å². The summed E-state index contributed by atoms with van der Waals surface area (Å²) in [6.45, 7) is 5.37. The summed E-state index contributed by atoms with van der Waals surface area (Å²) in [5.41, 5.74) is 1.05. The lowest BCUT2D eigenvalue weighted by atomic mass is 9.89. The van der Waals surface area contributed by atoms with Crippen LogP contribution in [0, 0.1) is 17.7 Å². The Bertz CT molecular complexity index is 339. The summed E-state index contributed by atoms with van der Waals surface area (Å²) in [5, 5.41) is 3.19. The van der Waals surface area contributed by atoms with Gasteiger partial charge in [-0.1, -0.05) is 26.0 Å². The highest BCUT2D eigenvalue weighted by Gasteiger charge is 2.15. The van der Waals surface area contributed by atoms with Crippen LogP contribution in [0.3, 0.4) is 0 Å². The molecule has 0 spiro atoms. The van der Waals surface area contributed by atoms with Gasteiger partial charge in [0.1, 0.15) is 5.82 Å². The molecule has 1 rings (SSSR count). The molecule has 1 atom stereocenters. The van der Waals surface area contributed by atoms with Crippen LogP contribution in [0.1, 0.15) is 19.4 Å². The molecule has 0 aromatic heterocycles. The van der Waals surface area contributed by atoms with Gasteiger partial charge in [-0.3, -0.25) is 0 Å². The predicted octanol–water partition coefficient (Wildman–Crippen LogP) is 3.62. The van der Waals surface area contributed by atoms with Crippen molar-refractivity contribution in [3.05, 3.63) is 34.1 Å². The first kappa shape index (κ1) is 13.7. The van der Waals surface area contributed by atoms with Gasteiger partial charge in [-0.25, -0.2) is 4.39 Å². The van der Waals surface area contributed by atoms with Crippen molar-refractivity contribution in [3.8, 4) is 0 Å². The fraction of sp³-hybridized carbons (Fsp3) is 0.538. The summed E-state index contributed by atoms with van der Waals surface area (Å²) >= 11 is 3.31. The molecule has 0 aliphatic heterocycles. The predicted molar refractivity (Wildman–Crippen MR) is 70.1 cm³/mol. The van der Waals surface area contributed by atoms with E-state index in [4.69, 9.17) is 0 Å². The lowest BCUT2D eigenvalue weighted by molar-refractivity contribution is 0.369. The standard InChI is InChI=1S/C13H19BrFN/c1-9(2)11(8-16-3)7-10-5-4-6-12(15)13(10)14/h4-6,9,11,16H,7-8H2,1-3H3. The van der Waals surface area contributed by atoms with Crippen LogP contribution in [0.4, 0.5) is 4.39 Å². The normalized spacial score (nSPS) is 13.1. The van der Waals surface area contributed by atoms with Crippen molar-refractivity contribution in [3.63, 3.8) is 0 Å². The Hall–Kier alpha value is -0.410. The van der Waals surface area contributed by atoms with Gasteiger partial charge in [0.05, 0.1) is 4.47 Å². The molecule has 1 unspecified atom stereocenters. The Morgan fingerprint density at radius 3 is 2.62 bits per heavy atom. The van der Waals surface area contributed by atoms with Gasteiger partial charge in [0.25, 0.3) is 0 Å². The third kappa shape index (κ3) is 3.56. The zero-order chi connectivity index (χ0) is 12.1. The maximum atomic E-state index is 13.4. The van der Waals surface area contributed by atoms with E-state index in [-0.39, 0.29) is 5.82 Å². The lowest BCUT2D eigenvalue weighted by Gasteiger charge is -2.21. The van der Waals surface area contributed by atoms with Crippen molar-refractivity contribution in [2.24, 2.45) is 11.8 Å². The number of halogens is 2. The quantitative estimate of drug-likeness (QED) is 0.872. The van der Waals surface area contributed by atoms with E-state index in [9.17, 15) is 4.39 Å². The molecular formula is C13H19BrFN. The zero-order valence-corrected chi connectivity index (χ0v) is 11.6. The van der Waals surface area contributed by atoms with Crippen LogP contribution < -0.4 is 5.32 Å². The molecule has 3 heteroatoms. The van der Waals surface area contributed by atoms with Crippen LogP contribution in [-0.4, -0.2) is 13.6 Å². The molecule has 0 saturated carbocycles. The first-order valence-electron chi connectivity index (χ1n) is 5.63. The molecule has 1 aromatic carbocycles. The van der Waals surface area contributed by atoms with Gasteiger partial charge in [0.2, 0.25) is 0 Å². The third-order valence-electron chi connectivity index (χ3n) is 2.92. The van der Waals surface area contributed by atoms with Crippen LogP contribution in [0.25, 0.3) is 0 Å². The summed E-state index contributed by atoms with van der Waals surface area (Å²) < 4.78 is 14.0. The van der Waals surface area contributed by atoms with Gasteiger partial charge in [0.15, 0.2) is 0 Å². The minimum absolute atomic E-state index is 0.176. The fourth-order valence-electron chi connectivity index (χ4n) is 1.79. The minimum atomic E-state index is -0.176. The van der Waals surface area contributed by atoms with Crippen molar-refractivity contribution >= 4 is 15.9 Å². The molecule has 0 amide bonds. The highest BCUT2D eigenvalue weighted by Crippen LogP contribution is 2.25. The van der Waals surface area contributed by atoms with Crippen molar-refractivity contribution in [2.75, 3.05) is 13.6 Å². The molecule has 1 N–H and O–H groups in total. The first-order chi connectivity index (χ1) is 7.56. The zero-order valence-electron chi connectivity index (χ0n) is 10.1. The maximum Gasteiger partial charge on any atom is 0.137 e. The molecule has 0 aliphatic rings. The number of hydrogen-bond acceptors (Lipinski definition) is 1. The van der Waals surface area contributed by atoms with Gasteiger partial charge >= 0.3 is 0 Å². The van der Waals surface area contributed by atoms with Crippen LogP contribution in [0.5, 0.6) is 0 Å². The Labute approximate surface area is 106 Å². The van der Waals surface area contributed by atoms with Gasteiger partial charge in [0, 0.05) is 0 Å². The van der Waals surface area contributed by atoms with Crippen molar-refractivity contribution in [1.82, 2.24) is 5.32 Å². The van der Waals surface area contributed by atoms with Crippen LogP contribution in [0.15, 0.2) is 22.7 Å². The molecule has 1 aromatic rings. The molecule has 16 heavy (non-hydrogen) atoms. The summed E-state index contributed by atoms with van der Waals surface area (Å²) in [6, 6.07) is 5.24. The molecule has 1 nitrogen and oxygen atoms in total. The number of nitrogens with one attached hydrogen (secondary N) is 1. The number of benzene rings is 1. The molecular weight excluding hydrogens is 269 g/mol. The molecule has 0 fully saturated rings. The second kappa shape index (κ2) is 6.36.